The molecule has 5 heteroatoms. The Hall–Kier alpha value is -2.69. The Balaban J connectivity index is 1.43. The zero-order valence-electron chi connectivity index (χ0n) is 14.3. The molecule has 1 aromatic heterocycles. The maximum atomic E-state index is 13.1. The molecule has 0 bridgehead atoms. The molecule has 3 aromatic rings. The van der Waals surface area contributed by atoms with Gasteiger partial charge in [0.1, 0.15) is 5.82 Å². The van der Waals surface area contributed by atoms with Gasteiger partial charge in [0.15, 0.2) is 0 Å². The molecule has 2 aromatic carbocycles. The standard InChI is InChI=1S/C20H22FN3O/c1-15-18-9-2-3-10-19(18)24(23-15)13-11-20(25)22-12-5-7-16-6-4-8-17(21)14-16/h2-4,6,8-10,14H,5,7,11-13H2,1H3,(H,22,25). The Labute approximate surface area is 146 Å². The van der Waals surface area contributed by atoms with Crippen LogP contribution in [0.25, 0.3) is 10.9 Å². The molecule has 0 saturated heterocycles. The second kappa shape index (κ2) is 7.92. The van der Waals surface area contributed by atoms with Crippen molar-refractivity contribution in [2.45, 2.75) is 32.7 Å². The Morgan fingerprint density at radius 2 is 2.04 bits per heavy atom. The fourth-order valence-corrected chi connectivity index (χ4v) is 2.97. The molecular weight excluding hydrogens is 317 g/mol. The van der Waals surface area contributed by atoms with Crippen molar-refractivity contribution >= 4 is 16.8 Å². The molecule has 0 aliphatic rings. The number of benzene rings is 2. The van der Waals surface area contributed by atoms with Crippen molar-refractivity contribution in [3.63, 3.8) is 0 Å². The number of hydrogen-bond donors (Lipinski definition) is 1. The van der Waals surface area contributed by atoms with E-state index < -0.39 is 0 Å². The van der Waals surface area contributed by atoms with Crippen molar-refractivity contribution in [3.05, 3.63) is 65.6 Å². The number of rotatable bonds is 7. The first-order valence-electron chi connectivity index (χ1n) is 8.57. The van der Waals surface area contributed by atoms with Gasteiger partial charge in [-0.15, -0.1) is 0 Å². The van der Waals surface area contributed by atoms with E-state index >= 15 is 0 Å². The maximum absolute atomic E-state index is 13.1. The lowest BCUT2D eigenvalue weighted by molar-refractivity contribution is -0.121. The SMILES string of the molecule is Cc1nn(CCC(=O)NCCCc2cccc(F)c2)c2ccccc12. The van der Waals surface area contributed by atoms with Crippen LogP contribution >= 0.6 is 0 Å². The molecule has 1 N–H and O–H groups in total. The Morgan fingerprint density at radius 1 is 1.20 bits per heavy atom. The first-order chi connectivity index (χ1) is 12.1. The van der Waals surface area contributed by atoms with Crippen LogP contribution in [0.15, 0.2) is 48.5 Å². The summed E-state index contributed by atoms with van der Waals surface area (Å²) in [6.45, 7) is 3.13. The Bertz CT molecular complexity index is 872. The van der Waals surface area contributed by atoms with Gasteiger partial charge in [0.25, 0.3) is 0 Å². The molecule has 0 atom stereocenters. The van der Waals surface area contributed by atoms with Gasteiger partial charge in [0, 0.05) is 18.4 Å². The summed E-state index contributed by atoms with van der Waals surface area (Å²) in [6.07, 6.45) is 1.94. The molecule has 0 aliphatic carbocycles. The van der Waals surface area contributed by atoms with E-state index in [9.17, 15) is 9.18 Å². The van der Waals surface area contributed by atoms with Crippen LogP contribution in [0.2, 0.25) is 0 Å². The number of para-hydroxylation sites is 1. The number of nitrogens with one attached hydrogen (secondary N) is 1. The summed E-state index contributed by atoms with van der Waals surface area (Å²) >= 11 is 0. The highest BCUT2D eigenvalue weighted by Gasteiger charge is 2.08. The minimum absolute atomic E-state index is 0.0106. The first kappa shape index (κ1) is 17.1. The Morgan fingerprint density at radius 3 is 2.88 bits per heavy atom. The molecular formula is C20H22FN3O. The Kier molecular flexibility index (Phi) is 5.43. The molecule has 4 nitrogen and oxygen atoms in total. The molecule has 0 aliphatic heterocycles. The number of aromatic nitrogens is 2. The lowest BCUT2D eigenvalue weighted by Crippen LogP contribution is -2.25. The average Bonchev–Trinajstić information content (AvgIpc) is 2.93. The van der Waals surface area contributed by atoms with E-state index in [2.05, 4.69) is 10.4 Å². The normalized spacial score (nSPS) is 11.0. The third-order valence-electron chi connectivity index (χ3n) is 4.25. The topological polar surface area (TPSA) is 46.9 Å². The second-order valence-electron chi connectivity index (χ2n) is 6.16. The monoisotopic (exact) mass is 339 g/mol. The van der Waals surface area contributed by atoms with Crippen LogP contribution in [0.3, 0.4) is 0 Å². The van der Waals surface area contributed by atoms with Crippen molar-refractivity contribution < 1.29 is 9.18 Å². The number of nitrogens with zero attached hydrogens (tertiary/aromatic N) is 2. The van der Waals surface area contributed by atoms with Gasteiger partial charge >= 0.3 is 0 Å². The molecule has 1 heterocycles. The number of aryl methyl sites for hydroxylation is 3. The van der Waals surface area contributed by atoms with Gasteiger partial charge in [0.05, 0.1) is 17.8 Å². The summed E-state index contributed by atoms with van der Waals surface area (Å²) < 4.78 is 15.0. The summed E-state index contributed by atoms with van der Waals surface area (Å²) in [6, 6.07) is 14.6. The van der Waals surface area contributed by atoms with Gasteiger partial charge in [-0.1, -0.05) is 30.3 Å². The van der Waals surface area contributed by atoms with Crippen LogP contribution in [0.5, 0.6) is 0 Å². The average molecular weight is 339 g/mol. The lowest BCUT2D eigenvalue weighted by atomic mass is 10.1. The van der Waals surface area contributed by atoms with Crippen LogP contribution in [-0.2, 0) is 17.8 Å². The fourth-order valence-electron chi connectivity index (χ4n) is 2.97. The lowest BCUT2D eigenvalue weighted by Gasteiger charge is -2.06. The first-order valence-corrected chi connectivity index (χ1v) is 8.57. The van der Waals surface area contributed by atoms with Crippen molar-refractivity contribution in [1.82, 2.24) is 15.1 Å². The molecule has 0 radical (unpaired) electrons. The van der Waals surface area contributed by atoms with E-state index in [1.807, 2.05) is 41.9 Å². The third-order valence-corrected chi connectivity index (χ3v) is 4.25. The molecule has 3 rings (SSSR count). The number of carbonyl (C=O) groups is 1. The van der Waals surface area contributed by atoms with E-state index in [-0.39, 0.29) is 11.7 Å². The van der Waals surface area contributed by atoms with Gasteiger partial charge in [-0.25, -0.2) is 4.39 Å². The predicted octanol–water partition coefficient (Wildman–Crippen LogP) is 3.62. The highest BCUT2D eigenvalue weighted by Crippen LogP contribution is 2.17. The fraction of sp³-hybridized carbons (Fsp3) is 0.300. The van der Waals surface area contributed by atoms with Crippen molar-refractivity contribution in [3.8, 4) is 0 Å². The number of amides is 1. The van der Waals surface area contributed by atoms with Crippen LogP contribution in [-0.4, -0.2) is 22.2 Å². The molecule has 25 heavy (non-hydrogen) atoms. The van der Waals surface area contributed by atoms with Gasteiger partial charge in [-0.2, -0.15) is 5.10 Å². The summed E-state index contributed by atoms with van der Waals surface area (Å²) in [5.74, 6) is -0.209. The molecule has 130 valence electrons. The zero-order valence-corrected chi connectivity index (χ0v) is 14.3. The third kappa shape index (κ3) is 4.44. The van der Waals surface area contributed by atoms with E-state index in [0.717, 1.165) is 35.0 Å². The maximum Gasteiger partial charge on any atom is 0.221 e. The van der Waals surface area contributed by atoms with E-state index in [0.29, 0.717) is 19.5 Å². The molecule has 0 unspecified atom stereocenters. The number of halogens is 1. The smallest absolute Gasteiger partial charge is 0.221 e. The molecule has 1 amide bonds. The summed E-state index contributed by atoms with van der Waals surface area (Å²) in [7, 11) is 0. The largest absolute Gasteiger partial charge is 0.356 e. The zero-order chi connectivity index (χ0) is 17.6. The quantitative estimate of drug-likeness (QED) is 0.668. The molecule has 0 spiro atoms. The summed E-state index contributed by atoms with van der Waals surface area (Å²) in [5.41, 5.74) is 2.98. The van der Waals surface area contributed by atoms with E-state index in [1.54, 1.807) is 6.07 Å². The van der Waals surface area contributed by atoms with Gasteiger partial charge in [-0.3, -0.25) is 9.48 Å². The van der Waals surface area contributed by atoms with Crippen LogP contribution in [0.4, 0.5) is 4.39 Å². The summed E-state index contributed by atoms with van der Waals surface area (Å²) in [4.78, 5) is 12.0. The van der Waals surface area contributed by atoms with Crippen LogP contribution in [0.1, 0.15) is 24.1 Å². The second-order valence-corrected chi connectivity index (χ2v) is 6.16. The minimum atomic E-state index is -0.219. The van der Waals surface area contributed by atoms with Gasteiger partial charge in [0.2, 0.25) is 5.91 Å². The van der Waals surface area contributed by atoms with Crippen molar-refractivity contribution in [2.75, 3.05) is 6.54 Å². The summed E-state index contributed by atoms with van der Waals surface area (Å²) in [5, 5.41) is 8.55. The van der Waals surface area contributed by atoms with E-state index in [1.165, 1.54) is 12.1 Å². The highest BCUT2D eigenvalue weighted by atomic mass is 19.1. The minimum Gasteiger partial charge on any atom is -0.356 e. The van der Waals surface area contributed by atoms with Crippen LogP contribution < -0.4 is 5.32 Å². The van der Waals surface area contributed by atoms with E-state index in [4.69, 9.17) is 0 Å². The van der Waals surface area contributed by atoms with Gasteiger partial charge in [-0.05, 0) is 43.5 Å². The van der Waals surface area contributed by atoms with Gasteiger partial charge < -0.3 is 5.32 Å². The van der Waals surface area contributed by atoms with Crippen molar-refractivity contribution in [2.24, 2.45) is 0 Å². The molecule has 0 saturated carbocycles. The van der Waals surface area contributed by atoms with Crippen molar-refractivity contribution in [1.29, 1.82) is 0 Å². The number of carbonyl (C=O) groups excluding carboxylic acids is 1. The number of fused-ring (bicyclic) bond motifs is 1. The predicted molar refractivity (Wildman–Crippen MR) is 96.8 cm³/mol. The molecule has 0 fully saturated rings. The van der Waals surface area contributed by atoms with Crippen LogP contribution in [0, 0.1) is 12.7 Å². The highest BCUT2D eigenvalue weighted by molar-refractivity contribution is 5.82. The number of hydrogen-bond acceptors (Lipinski definition) is 2.